The third-order valence-corrected chi connectivity index (χ3v) is 3.36. The van der Waals surface area contributed by atoms with Gasteiger partial charge in [-0.3, -0.25) is 4.98 Å². The monoisotopic (exact) mass is 440 g/mol. The van der Waals surface area contributed by atoms with Crippen LogP contribution in [0.2, 0.25) is 0 Å². The zero-order valence-electron chi connectivity index (χ0n) is 13.9. The summed E-state index contributed by atoms with van der Waals surface area (Å²) in [6, 6.07) is 15.5. The second kappa shape index (κ2) is 11.8. The summed E-state index contributed by atoms with van der Waals surface area (Å²) in [6.07, 6.45) is 1.92. The van der Waals surface area contributed by atoms with Gasteiger partial charge in [0.1, 0.15) is 0 Å². The summed E-state index contributed by atoms with van der Waals surface area (Å²) in [5, 5.41) is 16.6. The van der Waals surface area contributed by atoms with Crippen molar-refractivity contribution in [2.75, 3.05) is 13.1 Å². The molecular weight excluding hydrogens is 415 g/mol. The van der Waals surface area contributed by atoms with Gasteiger partial charge in [0.2, 0.25) is 0 Å². The van der Waals surface area contributed by atoms with Gasteiger partial charge in [-0.1, -0.05) is 36.4 Å². The molecule has 1 atom stereocenters. The highest BCUT2D eigenvalue weighted by molar-refractivity contribution is 14.0. The quantitative estimate of drug-likeness (QED) is 0.352. The van der Waals surface area contributed by atoms with Crippen LogP contribution in [-0.4, -0.2) is 29.1 Å². The molecule has 1 aromatic carbocycles. The van der Waals surface area contributed by atoms with E-state index in [2.05, 4.69) is 20.6 Å². The van der Waals surface area contributed by atoms with Gasteiger partial charge in [0.25, 0.3) is 0 Å². The van der Waals surface area contributed by atoms with Crippen LogP contribution in [0.15, 0.2) is 59.7 Å². The number of aliphatic imine (C=N–C) groups is 1. The van der Waals surface area contributed by atoms with Crippen molar-refractivity contribution in [3.63, 3.8) is 0 Å². The first-order valence-corrected chi connectivity index (χ1v) is 7.94. The number of hydrogen-bond donors (Lipinski definition) is 3. The summed E-state index contributed by atoms with van der Waals surface area (Å²) in [7, 11) is 0. The highest BCUT2D eigenvalue weighted by Crippen LogP contribution is 2.14. The van der Waals surface area contributed by atoms with E-state index in [0.717, 1.165) is 23.8 Å². The van der Waals surface area contributed by atoms with Gasteiger partial charge in [0.15, 0.2) is 5.96 Å². The van der Waals surface area contributed by atoms with E-state index >= 15 is 0 Å². The molecule has 1 heterocycles. The number of guanidine groups is 1. The van der Waals surface area contributed by atoms with E-state index < -0.39 is 6.10 Å². The Morgan fingerprint density at radius 2 is 1.88 bits per heavy atom. The molecule has 0 fully saturated rings. The van der Waals surface area contributed by atoms with E-state index in [1.807, 2.05) is 55.5 Å². The van der Waals surface area contributed by atoms with Crippen LogP contribution in [0.1, 0.15) is 30.7 Å². The third-order valence-electron chi connectivity index (χ3n) is 3.36. The number of nitrogens with one attached hydrogen (secondary N) is 2. The van der Waals surface area contributed by atoms with Gasteiger partial charge in [-0.15, -0.1) is 24.0 Å². The number of halogens is 1. The lowest BCUT2D eigenvalue weighted by molar-refractivity contribution is 0.168. The van der Waals surface area contributed by atoms with Crippen molar-refractivity contribution in [2.24, 2.45) is 4.99 Å². The maximum Gasteiger partial charge on any atom is 0.191 e. The largest absolute Gasteiger partial charge is 0.388 e. The van der Waals surface area contributed by atoms with Gasteiger partial charge in [0.05, 0.1) is 18.3 Å². The van der Waals surface area contributed by atoms with Gasteiger partial charge in [0, 0.05) is 19.3 Å². The number of hydrogen-bond acceptors (Lipinski definition) is 3. The van der Waals surface area contributed by atoms with Crippen molar-refractivity contribution in [1.82, 2.24) is 15.6 Å². The SMILES string of the molecule is CCNC(=NCc1ccccn1)NCCC(O)c1ccccc1.I. The van der Waals surface area contributed by atoms with Crippen molar-refractivity contribution < 1.29 is 5.11 Å². The molecule has 0 aliphatic heterocycles. The minimum absolute atomic E-state index is 0. The smallest absolute Gasteiger partial charge is 0.191 e. The minimum Gasteiger partial charge on any atom is -0.388 e. The average Bonchev–Trinajstić information content (AvgIpc) is 2.61. The predicted molar refractivity (Wildman–Crippen MR) is 108 cm³/mol. The maximum absolute atomic E-state index is 10.2. The third kappa shape index (κ3) is 7.27. The molecule has 0 amide bonds. The van der Waals surface area contributed by atoms with Crippen molar-refractivity contribution in [3.05, 3.63) is 66.0 Å². The Labute approximate surface area is 160 Å². The topological polar surface area (TPSA) is 69.5 Å². The molecule has 6 heteroatoms. The van der Waals surface area contributed by atoms with Crippen LogP contribution in [0.3, 0.4) is 0 Å². The summed E-state index contributed by atoms with van der Waals surface area (Å²) in [4.78, 5) is 8.76. The number of aliphatic hydroxyl groups is 1. The molecule has 130 valence electrons. The minimum atomic E-state index is -0.470. The molecule has 0 aliphatic carbocycles. The Morgan fingerprint density at radius 1 is 1.12 bits per heavy atom. The molecule has 0 aliphatic rings. The second-order valence-corrected chi connectivity index (χ2v) is 5.16. The van der Waals surface area contributed by atoms with Crippen LogP contribution in [0.5, 0.6) is 0 Å². The lowest BCUT2D eigenvalue weighted by atomic mass is 10.1. The molecule has 0 bridgehead atoms. The van der Waals surface area contributed by atoms with Crippen molar-refractivity contribution in [1.29, 1.82) is 0 Å². The molecule has 5 nitrogen and oxygen atoms in total. The van der Waals surface area contributed by atoms with Gasteiger partial charge >= 0.3 is 0 Å². The van der Waals surface area contributed by atoms with Crippen LogP contribution < -0.4 is 10.6 Å². The van der Waals surface area contributed by atoms with E-state index in [9.17, 15) is 5.11 Å². The summed E-state index contributed by atoms with van der Waals surface area (Å²) in [5.41, 5.74) is 1.86. The van der Waals surface area contributed by atoms with Crippen LogP contribution in [0.4, 0.5) is 0 Å². The van der Waals surface area contributed by atoms with Gasteiger partial charge in [-0.2, -0.15) is 0 Å². The summed E-state index contributed by atoms with van der Waals surface area (Å²) < 4.78 is 0. The normalized spacial score (nSPS) is 12.2. The summed E-state index contributed by atoms with van der Waals surface area (Å²) in [5.74, 6) is 0.735. The number of aromatic nitrogens is 1. The van der Waals surface area contributed by atoms with E-state index in [0.29, 0.717) is 19.5 Å². The Kier molecular flexibility index (Phi) is 10.0. The summed E-state index contributed by atoms with van der Waals surface area (Å²) in [6.45, 7) is 3.98. The van der Waals surface area contributed by atoms with Gasteiger partial charge in [-0.25, -0.2) is 4.99 Å². The molecular formula is C18H25IN4O. The Balaban J connectivity index is 0.00000288. The van der Waals surface area contributed by atoms with E-state index in [-0.39, 0.29) is 24.0 Å². The fraction of sp³-hybridized carbons (Fsp3) is 0.333. The second-order valence-electron chi connectivity index (χ2n) is 5.16. The molecule has 0 spiro atoms. The lowest BCUT2D eigenvalue weighted by Gasteiger charge is -2.14. The molecule has 1 aromatic heterocycles. The highest BCUT2D eigenvalue weighted by Gasteiger charge is 2.06. The molecule has 3 N–H and O–H groups in total. The first-order chi connectivity index (χ1) is 11.3. The number of pyridine rings is 1. The Hall–Kier alpha value is -1.67. The zero-order chi connectivity index (χ0) is 16.3. The number of nitrogens with zero attached hydrogens (tertiary/aromatic N) is 2. The van der Waals surface area contributed by atoms with Crippen LogP contribution >= 0.6 is 24.0 Å². The van der Waals surface area contributed by atoms with Gasteiger partial charge in [-0.05, 0) is 31.0 Å². The van der Waals surface area contributed by atoms with Crippen molar-refractivity contribution in [3.8, 4) is 0 Å². The molecule has 2 rings (SSSR count). The Bertz CT molecular complexity index is 592. The van der Waals surface area contributed by atoms with E-state index in [1.54, 1.807) is 6.20 Å². The lowest BCUT2D eigenvalue weighted by Crippen LogP contribution is -2.38. The average molecular weight is 440 g/mol. The van der Waals surface area contributed by atoms with Crippen LogP contribution in [0, 0.1) is 0 Å². The van der Waals surface area contributed by atoms with E-state index in [1.165, 1.54) is 0 Å². The first-order valence-electron chi connectivity index (χ1n) is 7.94. The maximum atomic E-state index is 10.2. The fourth-order valence-corrected chi connectivity index (χ4v) is 2.16. The highest BCUT2D eigenvalue weighted by atomic mass is 127. The molecule has 0 saturated heterocycles. The standard InChI is InChI=1S/C18H24N4O.HI/c1-2-19-18(22-14-16-10-6-7-12-20-16)21-13-11-17(23)15-8-4-3-5-9-15;/h3-10,12,17,23H,2,11,13-14H2,1H3,(H2,19,21,22);1H. The van der Waals surface area contributed by atoms with E-state index in [4.69, 9.17) is 0 Å². The molecule has 0 radical (unpaired) electrons. The first kappa shape index (κ1) is 20.4. The summed E-state index contributed by atoms with van der Waals surface area (Å²) >= 11 is 0. The van der Waals surface area contributed by atoms with Crippen LogP contribution in [-0.2, 0) is 6.54 Å². The number of rotatable bonds is 7. The molecule has 1 unspecified atom stereocenters. The predicted octanol–water partition coefficient (Wildman–Crippen LogP) is 2.88. The number of benzene rings is 1. The molecule has 24 heavy (non-hydrogen) atoms. The van der Waals surface area contributed by atoms with Crippen molar-refractivity contribution >= 4 is 29.9 Å². The fourth-order valence-electron chi connectivity index (χ4n) is 2.16. The van der Waals surface area contributed by atoms with Crippen LogP contribution in [0.25, 0.3) is 0 Å². The van der Waals surface area contributed by atoms with Crippen molar-refractivity contribution in [2.45, 2.75) is 26.0 Å². The van der Waals surface area contributed by atoms with Gasteiger partial charge < -0.3 is 15.7 Å². The Morgan fingerprint density at radius 3 is 2.54 bits per heavy atom. The molecule has 0 saturated carbocycles. The molecule has 2 aromatic rings. The number of aliphatic hydroxyl groups excluding tert-OH is 1. The zero-order valence-corrected chi connectivity index (χ0v) is 16.2.